The lowest BCUT2D eigenvalue weighted by Gasteiger charge is -2.23. The topological polar surface area (TPSA) is 109 Å². The van der Waals surface area contributed by atoms with Gasteiger partial charge in [-0.25, -0.2) is 13.2 Å². The van der Waals surface area contributed by atoms with Gasteiger partial charge in [0.2, 0.25) is 5.91 Å². The Morgan fingerprint density at radius 1 is 1.23 bits per heavy atom. The highest BCUT2D eigenvalue weighted by Crippen LogP contribution is 2.29. The molecule has 0 radical (unpaired) electrons. The van der Waals surface area contributed by atoms with Crippen molar-refractivity contribution < 1.29 is 23.1 Å². The van der Waals surface area contributed by atoms with Gasteiger partial charge in [0.25, 0.3) is 5.91 Å². The van der Waals surface area contributed by atoms with Crippen LogP contribution in [0.1, 0.15) is 42.2 Å². The molecule has 2 aromatic rings. The molecule has 0 saturated heterocycles. The molecule has 0 fully saturated rings. The van der Waals surface area contributed by atoms with Crippen LogP contribution in [0.25, 0.3) is 0 Å². The number of nitrogens with one attached hydrogen (secondary N) is 2. The quantitative estimate of drug-likeness (QED) is 0.308. The van der Waals surface area contributed by atoms with Crippen molar-refractivity contribution in [1.29, 1.82) is 5.41 Å². The Balaban J connectivity index is 2.29. The third-order valence-electron chi connectivity index (χ3n) is 4.38. The lowest BCUT2D eigenvalue weighted by Crippen LogP contribution is -2.31. The van der Waals surface area contributed by atoms with Gasteiger partial charge >= 0.3 is 0 Å². The zero-order valence-corrected chi connectivity index (χ0v) is 17.8. The predicted molar refractivity (Wildman–Crippen MR) is 112 cm³/mol. The molecule has 31 heavy (non-hydrogen) atoms. The van der Waals surface area contributed by atoms with E-state index in [0.29, 0.717) is 11.1 Å². The van der Waals surface area contributed by atoms with Crippen LogP contribution in [0, 0.1) is 17.0 Å². The van der Waals surface area contributed by atoms with Crippen LogP contribution in [0.5, 0.6) is 0 Å². The molecule has 10 heteroatoms. The highest BCUT2D eigenvalue weighted by Gasteiger charge is 2.32. The Morgan fingerprint density at radius 3 is 2.42 bits per heavy atom. The SMILES string of the molecule is CCOC(C(=O)N(Cl)Cc1ccc(C(=N)N)cc1)c1c(F)ccc(CNC(C)=O)c1F. The zero-order valence-electron chi connectivity index (χ0n) is 17.0. The Labute approximate surface area is 183 Å². The van der Waals surface area contributed by atoms with Gasteiger partial charge in [-0.2, -0.15) is 0 Å². The molecule has 0 aliphatic carbocycles. The summed E-state index contributed by atoms with van der Waals surface area (Å²) >= 11 is 6.13. The van der Waals surface area contributed by atoms with Crippen molar-refractivity contribution in [2.75, 3.05) is 6.61 Å². The Kier molecular flexibility index (Phi) is 8.47. The summed E-state index contributed by atoms with van der Waals surface area (Å²) in [5.41, 5.74) is 5.96. The first-order valence-corrected chi connectivity index (χ1v) is 9.72. The van der Waals surface area contributed by atoms with Gasteiger partial charge in [-0.15, -0.1) is 0 Å². The number of nitrogens with two attached hydrogens (primary N) is 1. The maximum absolute atomic E-state index is 15.0. The van der Waals surface area contributed by atoms with Gasteiger partial charge in [0.1, 0.15) is 17.5 Å². The molecule has 2 aromatic carbocycles. The largest absolute Gasteiger partial charge is 0.384 e. The number of hydrogen-bond donors (Lipinski definition) is 3. The van der Waals surface area contributed by atoms with Gasteiger partial charge in [-0.1, -0.05) is 30.3 Å². The second-order valence-electron chi connectivity index (χ2n) is 6.65. The van der Waals surface area contributed by atoms with E-state index in [1.54, 1.807) is 31.2 Å². The molecule has 0 aliphatic rings. The van der Waals surface area contributed by atoms with E-state index in [4.69, 9.17) is 27.7 Å². The summed E-state index contributed by atoms with van der Waals surface area (Å²) in [7, 11) is 0. The van der Waals surface area contributed by atoms with Crippen molar-refractivity contribution in [1.82, 2.24) is 9.74 Å². The van der Waals surface area contributed by atoms with Crippen molar-refractivity contribution in [2.45, 2.75) is 33.0 Å². The summed E-state index contributed by atoms with van der Waals surface area (Å²) in [5.74, 6) is -3.30. The summed E-state index contributed by atoms with van der Waals surface area (Å²) in [5, 5.41) is 9.83. The van der Waals surface area contributed by atoms with Gasteiger partial charge < -0.3 is 15.8 Å². The molecule has 0 spiro atoms. The highest BCUT2D eigenvalue weighted by atomic mass is 35.5. The van der Waals surface area contributed by atoms with E-state index in [2.05, 4.69) is 5.32 Å². The first kappa shape index (κ1) is 24.2. The number of benzene rings is 2. The van der Waals surface area contributed by atoms with E-state index in [-0.39, 0.29) is 37.0 Å². The predicted octanol–water partition coefficient (Wildman–Crippen LogP) is 3.15. The summed E-state index contributed by atoms with van der Waals surface area (Å²) < 4.78 is 35.7. The zero-order chi connectivity index (χ0) is 23.1. The summed E-state index contributed by atoms with van der Waals surface area (Å²) in [4.78, 5) is 24.0. The first-order chi connectivity index (χ1) is 14.6. The molecule has 166 valence electrons. The molecule has 0 saturated carbocycles. The number of nitrogen functional groups attached to an aromatic ring is 1. The number of hydrogen-bond acceptors (Lipinski definition) is 4. The monoisotopic (exact) mass is 452 g/mol. The van der Waals surface area contributed by atoms with E-state index in [0.717, 1.165) is 10.5 Å². The van der Waals surface area contributed by atoms with Crippen molar-refractivity contribution >= 4 is 29.4 Å². The first-order valence-electron chi connectivity index (χ1n) is 9.39. The normalized spacial score (nSPS) is 11.6. The number of halogens is 3. The molecule has 7 nitrogen and oxygen atoms in total. The standard InChI is InChI=1S/C21H23ClF2N4O3/c1-3-31-19(17-16(23)9-8-15(18(17)24)10-27-12(2)29)21(30)28(22)11-13-4-6-14(7-5-13)20(25)26/h4-9,19H,3,10-11H2,1-2H3,(H3,25,26)(H,27,29). The van der Waals surface area contributed by atoms with E-state index in [9.17, 15) is 14.0 Å². The van der Waals surface area contributed by atoms with Crippen LogP contribution in [-0.4, -0.2) is 28.7 Å². The number of nitrogens with zero attached hydrogens (tertiary/aromatic N) is 1. The number of ether oxygens (including phenoxy) is 1. The van der Waals surface area contributed by atoms with Crippen LogP contribution >= 0.6 is 11.8 Å². The summed E-state index contributed by atoms with van der Waals surface area (Å²) in [6.45, 7) is 2.61. The van der Waals surface area contributed by atoms with E-state index in [1.807, 2.05) is 0 Å². The molecule has 4 N–H and O–H groups in total. The maximum atomic E-state index is 15.0. The van der Waals surface area contributed by atoms with E-state index in [1.165, 1.54) is 13.0 Å². The van der Waals surface area contributed by atoms with Crippen LogP contribution in [-0.2, 0) is 27.4 Å². The molecule has 0 heterocycles. The molecule has 0 aliphatic heterocycles. The average molecular weight is 453 g/mol. The van der Waals surface area contributed by atoms with Crippen molar-refractivity contribution in [3.63, 3.8) is 0 Å². The molecule has 1 unspecified atom stereocenters. The van der Waals surface area contributed by atoms with Gasteiger partial charge in [0.15, 0.2) is 6.10 Å². The molecular formula is C21H23ClF2N4O3. The second kappa shape index (κ2) is 10.8. The lowest BCUT2D eigenvalue weighted by molar-refractivity contribution is -0.139. The molecule has 1 atom stereocenters. The Hall–Kier alpha value is -3.04. The average Bonchev–Trinajstić information content (AvgIpc) is 2.72. The third kappa shape index (κ3) is 6.22. The summed E-state index contributed by atoms with van der Waals surface area (Å²) in [6.07, 6.45) is -1.61. The highest BCUT2D eigenvalue weighted by molar-refractivity contribution is 6.21. The van der Waals surface area contributed by atoms with Crippen molar-refractivity contribution in [3.8, 4) is 0 Å². The lowest BCUT2D eigenvalue weighted by atomic mass is 10.0. The molecular weight excluding hydrogens is 430 g/mol. The fourth-order valence-electron chi connectivity index (χ4n) is 2.81. The molecule has 0 aromatic heterocycles. The van der Waals surface area contributed by atoms with E-state index >= 15 is 4.39 Å². The molecule has 2 amide bonds. The van der Waals surface area contributed by atoms with E-state index < -0.39 is 29.2 Å². The van der Waals surface area contributed by atoms with Crippen LogP contribution in [0.2, 0.25) is 0 Å². The van der Waals surface area contributed by atoms with Crippen LogP contribution in [0.3, 0.4) is 0 Å². The number of carbonyl (C=O) groups is 2. The third-order valence-corrected chi connectivity index (χ3v) is 4.67. The number of amidine groups is 1. The van der Waals surface area contributed by atoms with Gasteiger partial charge in [-0.3, -0.25) is 15.0 Å². The van der Waals surface area contributed by atoms with Gasteiger partial charge in [0.05, 0.1) is 12.1 Å². The van der Waals surface area contributed by atoms with Crippen molar-refractivity contribution in [3.05, 3.63) is 70.3 Å². The van der Waals surface area contributed by atoms with Gasteiger partial charge in [0, 0.05) is 43.0 Å². The Bertz CT molecular complexity index is 970. The van der Waals surface area contributed by atoms with Crippen LogP contribution in [0.15, 0.2) is 36.4 Å². The van der Waals surface area contributed by atoms with Crippen LogP contribution < -0.4 is 11.1 Å². The second-order valence-corrected chi connectivity index (χ2v) is 7.06. The minimum atomic E-state index is -1.61. The number of carbonyl (C=O) groups excluding carboxylic acids is 2. The fourth-order valence-corrected chi connectivity index (χ4v) is 3.04. The number of rotatable bonds is 9. The molecule has 2 rings (SSSR count). The minimum Gasteiger partial charge on any atom is -0.384 e. The Morgan fingerprint density at radius 2 is 1.87 bits per heavy atom. The fraction of sp³-hybridized carbons (Fsp3) is 0.286. The van der Waals surface area contributed by atoms with Gasteiger partial charge in [-0.05, 0) is 18.6 Å². The number of amides is 2. The maximum Gasteiger partial charge on any atom is 0.271 e. The van der Waals surface area contributed by atoms with Crippen LogP contribution in [0.4, 0.5) is 8.78 Å². The summed E-state index contributed by atoms with van der Waals surface area (Å²) in [6, 6.07) is 8.64. The minimum absolute atomic E-state index is 0.00322. The van der Waals surface area contributed by atoms with Crippen molar-refractivity contribution in [2.24, 2.45) is 5.73 Å². The molecule has 0 bridgehead atoms. The smallest absolute Gasteiger partial charge is 0.271 e.